The highest BCUT2D eigenvalue weighted by Gasteiger charge is 2.00. The van der Waals surface area contributed by atoms with Crippen molar-refractivity contribution in [2.75, 3.05) is 12.8 Å². The van der Waals surface area contributed by atoms with Crippen LogP contribution in [0.4, 0.5) is 5.95 Å². The number of hydrogen-bond acceptors (Lipinski definition) is 4. The molecule has 0 unspecified atom stereocenters. The van der Waals surface area contributed by atoms with Crippen molar-refractivity contribution in [1.29, 1.82) is 0 Å². The summed E-state index contributed by atoms with van der Waals surface area (Å²) in [6.45, 7) is 0.408. The summed E-state index contributed by atoms with van der Waals surface area (Å²) in [7, 11) is 3.33. The third-order valence-electron chi connectivity index (χ3n) is 1.11. The highest BCUT2D eigenvalue weighted by Crippen LogP contribution is 1.97. The second-order valence-corrected chi connectivity index (χ2v) is 1.94. The first-order valence-electron chi connectivity index (χ1n) is 2.88. The Morgan fingerprint density at radius 3 is 2.80 bits per heavy atom. The molecule has 0 saturated heterocycles. The van der Waals surface area contributed by atoms with Gasteiger partial charge in [0, 0.05) is 14.2 Å². The van der Waals surface area contributed by atoms with E-state index in [9.17, 15) is 0 Å². The second kappa shape index (κ2) is 2.66. The number of nitrogens with zero attached hydrogens (tertiary/aromatic N) is 3. The van der Waals surface area contributed by atoms with Gasteiger partial charge < -0.3 is 10.5 Å². The zero-order chi connectivity index (χ0) is 7.56. The van der Waals surface area contributed by atoms with Crippen LogP contribution in [0.5, 0.6) is 0 Å². The van der Waals surface area contributed by atoms with Crippen LogP contribution in [-0.4, -0.2) is 21.9 Å². The minimum Gasteiger partial charge on any atom is -0.377 e. The Balaban J connectivity index is 2.77. The fourth-order valence-electron chi connectivity index (χ4n) is 0.642. The summed E-state index contributed by atoms with van der Waals surface area (Å²) in [6.07, 6.45) is 0. The molecule has 5 nitrogen and oxygen atoms in total. The van der Waals surface area contributed by atoms with Crippen LogP contribution in [0.15, 0.2) is 0 Å². The van der Waals surface area contributed by atoms with Gasteiger partial charge in [-0.05, 0) is 0 Å². The number of aryl methyl sites for hydroxylation is 1. The SMILES string of the molecule is COCc1nc(N)n(C)n1. The Hall–Kier alpha value is -1.10. The number of nitrogens with two attached hydrogens (primary N) is 1. The van der Waals surface area contributed by atoms with Gasteiger partial charge in [0.2, 0.25) is 5.95 Å². The smallest absolute Gasteiger partial charge is 0.218 e. The molecular weight excluding hydrogens is 132 g/mol. The Bertz CT molecular complexity index is 200. The molecule has 10 heavy (non-hydrogen) atoms. The molecule has 0 aliphatic rings. The predicted molar refractivity (Wildman–Crippen MR) is 36.1 cm³/mol. The molecule has 2 N–H and O–H groups in total. The number of aromatic nitrogens is 3. The van der Waals surface area contributed by atoms with E-state index < -0.39 is 0 Å². The fourth-order valence-corrected chi connectivity index (χ4v) is 0.642. The number of rotatable bonds is 2. The highest BCUT2D eigenvalue weighted by molar-refractivity contribution is 5.14. The lowest BCUT2D eigenvalue weighted by molar-refractivity contribution is 0.177. The molecule has 1 aromatic heterocycles. The number of ether oxygens (including phenoxy) is 1. The molecule has 0 spiro atoms. The molecule has 1 rings (SSSR count). The van der Waals surface area contributed by atoms with Gasteiger partial charge in [-0.25, -0.2) is 4.68 Å². The van der Waals surface area contributed by atoms with Crippen molar-refractivity contribution in [3.63, 3.8) is 0 Å². The van der Waals surface area contributed by atoms with Gasteiger partial charge in [-0.3, -0.25) is 0 Å². The fraction of sp³-hybridized carbons (Fsp3) is 0.600. The Labute approximate surface area is 58.8 Å². The van der Waals surface area contributed by atoms with E-state index in [1.54, 1.807) is 14.2 Å². The van der Waals surface area contributed by atoms with E-state index in [0.717, 1.165) is 0 Å². The quantitative estimate of drug-likeness (QED) is 0.607. The first-order chi connectivity index (χ1) is 4.74. The molecule has 1 aromatic rings. The summed E-state index contributed by atoms with van der Waals surface area (Å²) in [5.41, 5.74) is 5.40. The lowest BCUT2D eigenvalue weighted by Gasteiger charge is -1.87. The Morgan fingerprint density at radius 2 is 2.40 bits per heavy atom. The summed E-state index contributed by atoms with van der Waals surface area (Å²) >= 11 is 0. The Kier molecular flexibility index (Phi) is 1.86. The number of methoxy groups -OCH3 is 1. The monoisotopic (exact) mass is 142 g/mol. The van der Waals surface area contributed by atoms with Crippen molar-refractivity contribution in [1.82, 2.24) is 14.8 Å². The summed E-state index contributed by atoms with van der Waals surface area (Å²) in [4.78, 5) is 3.90. The second-order valence-electron chi connectivity index (χ2n) is 1.94. The van der Waals surface area contributed by atoms with E-state index in [4.69, 9.17) is 10.5 Å². The number of anilines is 1. The summed E-state index contributed by atoms with van der Waals surface area (Å²) < 4.78 is 6.31. The van der Waals surface area contributed by atoms with E-state index in [1.165, 1.54) is 4.68 Å². The first kappa shape index (κ1) is 7.01. The van der Waals surface area contributed by atoms with E-state index >= 15 is 0 Å². The minimum absolute atomic E-state index is 0.408. The molecule has 0 radical (unpaired) electrons. The van der Waals surface area contributed by atoms with Crippen molar-refractivity contribution in [3.8, 4) is 0 Å². The van der Waals surface area contributed by atoms with Crippen LogP contribution in [0.1, 0.15) is 5.82 Å². The van der Waals surface area contributed by atoms with Gasteiger partial charge >= 0.3 is 0 Å². The van der Waals surface area contributed by atoms with Crippen LogP contribution in [0, 0.1) is 0 Å². The van der Waals surface area contributed by atoms with E-state index in [1.807, 2.05) is 0 Å². The third-order valence-corrected chi connectivity index (χ3v) is 1.11. The summed E-state index contributed by atoms with van der Waals surface area (Å²) in [6, 6.07) is 0. The maximum Gasteiger partial charge on any atom is 0.218 e. The zero-order valence-corrected chi connectivity index (χ0v) is 6.03. The van der Waals surface area contributed by atoms with Crippen molar-refractivity contribution >= 4 is 5.95 Å². The van der Waals surface area contributed by atoms with Gasteiger partial charge in [-0.15, -0.1) is 0 Å². The van der Waals surface area contributed by atoms with Gasteiger partial charge in [0.25, 0.3) is 0 Å². The summed E-state index contributed by atoms with van der Waals surface area (Å²) in [5, 5.41) is 3.96. The topological polar surface area (TPSA) is 66.0 Å². The first-order valence-corrected chi connectivity index (χ1v) is 2.88. The molecule has 5 heteroatoms. The molecule has 0 aliphatic carbocycles. The van der Waals surface area contributed by atoms with Crippen molar-refractivity contribution < 1.29 is 4.74 Å². The van der Waals surface area contributed by atoms with Crippen molar-refractivity contribution in [2.24, 2.45) is 7.05 Å². The molecule has 56 valence electrons. The molecule has 0 aliphatic heterocycles. The van der Waals surface area contributed by atoms with Gasteiger partial charge in [-0.1, -0.05) is 0 Å². The lowest BCUT2D eigenvalue weighted by atomic mass is 10.7. The predicted octanol–water partition coefficient (Wildman–Crippen LogP) is -0.456. The average Bonchev–Trinajstić information content (AvgIpc) is 2.14. The molecule has 0 fully saturated rings. The van der Waals surface area contributed by atoms with Gasteiger partial charge in [0.1, 0.15) is 6.61 Å². The van der Waals surface area contributed by atoms with Crippen LogP contribution in [0.2, 0.25) is 0 Å². The van der Waals surface area contributed by atoms with Crippen LogP contribution in [-0.2, 0) is 18.4 Å². The Morgan fingerprint density at radius 1 is 1.70 bits per heavy atom. The minimum atomic E-state index is 0.408. The van der Waals surface area contributed by atoms with Gasteiger partial charge in [-0.2, -0.15) is 10.1 Å². The molecular formula is C5H10N4O. The highest BCUT2D eigenvalue weighted by atomic mass is 16.5. The van der Waals surface area contributed by atoms with Crippen LogP contribution < -0.4 is 5.73 Å². The average molecular weight is 142 g/mol. The van der Waals surface area contributed by atoms with Crippen LogP contribution in [0.3, 0.4) is 0 Å². The normalized spacial score (nSPS) is 10.2. The summed E-state index contributed by atoms with van der Waals surface area (Å²) in [5.74, 6) is 1.02. The van der Waals surface area contributed by atoms with Gasteiger partial charge in [0.05, 0.1) is 0 Å². The lowest BCUT2D eigenvalue weighted by Crippen LogP contribution is -1.97. The maximum atomic E-state index is 5.40. The molecule has 0 bridgehead atoms. The standard InChI is InChI=1S/C5H10N4O/c1-9-5(6)7-4(8-9)3-10-2/h3H2,1-2H3,(H2,6,7,8). The molecule has 0 amide bonds. The van der Waals surface area contributed by atoms with E-state index in [-0.39, 0.29) is 0 Å². The maximum absolute atomic E-state index is 5.40. The van der Waals surface area contributed by atoms with Gasteiger partial charge in [0.15, 0.2) is 5.82 Å². The molecule has 0 atom stereocenters. The zero-order valence-electron chi connectivity index (χ0n) is 6.03. The largest absolute Gasteiger partial charge is 0.377 e. The van der Waals surface area contributed by atoms with Crippen LogP contribution in [0.25, 0.3) is 0 Å². The molecule has 0 aromatic carbocycles. The van der Waals surface area contributed by atoms with E-state index in [2.05, 4.69) is 10.1 Å². The number of hydrogen-bond donors (Lipinski definition) is 1. The molecule has 1 heterocycles. The third kappa shape index (κ3) is 1.24. The number of nitrogen functional groups attached to an aromatic ring is 1. The van der Waals surface area contributed by atoms with Crippen LogP contribution >= 0.6 is 0 Å². The van der Waals surface area contributed by atoms with Crippen molar-refractivity contribution in [3.05, 3.63) is 5.82 Å². The molecule has 0 saturated carbocycles. The van der Waals surface area contributed by atoms with E-state index in [0.29, 0.717) is 18.4 Å². The van der Waals surface area contributed by atoms with Crippen molar-refractivity contribution in [2.45, 2.75) is 6.61 Å².